The molecule has 3 N–H and O–H groups in total. The molecule has 0 saturated heterocycles. The molecule has 0 atom stereocenters. The minimum absolute atomic E-state index is 0.0762. The summed E-state index contributed by atoms with van der Waals surface area (Å²) >= 11 is 0. The summed E-state index contributed by atoms with van der Waals surface area (Å²) in [4.78, 5) is 23.2. The van der Waals surface area contributed by atoms with Crippen LogP contribution in [0.2, 0.25) is 0 Å². The van der Waals surface area contributed by atoms with Crippen LogP contribution in [0.25, 0.3) is 0 Å². The van der Waals surface area contributed by atoms with Crippen molar-refractivity contribution in [2.75, 3.05) is 5.32 Å². The van der Waals surface area contributed by atoms with E-state index in [1.165, 1.54) is 0 Å². The number of benzene rings is 2. The smallest absolute Gasteiger partial charge is 0.335 e. The fourth-order valence-electron chi connectivity index (χ4n) is 2.33. The fraction of sp³-hybridized carbons (Fsp3) is 0.263. The Balaban J connectivity index is 2.12. The zero-order valence-electron chi connectivity index (χ0n) is 14.1. The van der Waals surface area contributed by atoms with Gasteiger partial charge in [0.15, 0.2) is 0 Å². The molecular weight excluding hydrogens is 304 g/mol. The lowest BCUT2D eigenvalue weighted by molar-refractivity contribution is 0.0696. The maximum Gasteiger partial charge on any atom is 0.335 e. The van der Waals surface area contributed by atoms with Gasteiger partial charge < -0.3 is 15.7 Å². The van der Waals surface area contributed by atoms with E-state index in [1.807, 2.05) is 45.0 Å². The Labute approximate surface area is 141 Å². The van der Waals surface area contributed by atoms with Gasteiger partial charge in [-0.1, -0.05) is 18.2 Å². The van der Waals surface area contributed by atoms with Gasteiger partial charge in [-0.2, -0.15) is 0 Å². The van der Waals surface area contributed by atoms with Crippen molar-refractivity contribution in [1.82, 2.24) is 5.32 Å². The molecule has 126 valence electrons. The maximum atomic E-state index is 12.2. The van der Waals surface area contributed by atoms with Gasteiger partial charge in [-0.05, 0) is 56.2 Å². The summed E-state index contributed by atoms with van der Waals surface area (Å²) < 4.78 is 0. The van der Waals surface area contributed by atoms with Gasteiger partial charge in [-0.25, -0.2) is 4.79 Å². The highest BCUT2D eigenvalue weighted by molar-refractivity contribution is 5.96. The summed E-state index contributed by atoms with van der Waals surface area (Å²) in [7, 11) is 0. The lowest BCUT2D eigenvalue weighted by atomic mass is 10.1. The van der Waals surface area contributed by atoms with E-state index < -0.39 is 5.97 Å². The highest BCUT2D eigenvalue weighted by Crippen LogP contribution is 2.17. The summed E-state index contributed by atoms with van der Waals surface area (Å²) in [5, 5.41) is 15.1. The van der Waals surface area contributed by atoms with Crippen LogP contribution < -0.4 is 10.6 Å². The van der Waals surface area contributed by atoms with Crippen molar-refractivity contribution >= 4 is 17.6 Å². The fourth-order valence-corrected chi connectivity index (χ4v) is 2.33. The molecule has 0 aliphatic rings. The molecule has 0 bridgehead atoms. The van der Waals surface area contributed by atoms with Gasteiger partial charge in [-0.3, -0.25) is 4.79 Å². The number of anilines is 1. The number of carbonyl (C=O) groups excluding carboxylic acids is 1. The molecule has 0 aliphatic carbocycles. The average Bonchev–Trinajstić information content (AvgIpc) is 2.53. The number of aromatic carboxylic acids is 1. The Morgan fingerprint density at radius 2 is 1.88 bits per heavy atom. The van der Waals surface area contributed by atoms with Crippen molar-refractivity contribution in [3.8, 4) is 0 Å². The third-order valence-electron chi connectivity index (χ3n) is 3.57. The predicted octanol–water partition coefficient (Wildman–Crippen LogP) is 3.44. The van der Waals surface area contributed by atoms with Crippen LogP contribution in [0.1, 0.15) is 45.7 Å². The van der Waals surface area contributed by atoms with Gasteiger partial charge in [0.05, 0.1) is 5.56 Å². The SMILES string of the molecule is Cc1ccc(NCc2cccc(C(=O)O)c2)cc1C(=O)NC(C)C. The zero-order chi connectivity index (χ0) is 17.7. The number of carboxylic acids is 1. The molecule has 5 nitrogen and oxygen atoms in total. The van der Waals surface area contributed by atoms with Crippen molar-refractivity contribution in [2.45, 2.75) is 33.4 Å². The molecule has 0 aromatic heterocycles. The number of hydrogen-bond donors (Lipinski definition) is 3. The summed E-state index contributed by atoms with van der Waals surface area (Å²) in [5.74, 6) is -1.04. The van der Waals surface area contributed by atoms with E-state index in [2.05, 4.69) is 10.6 Å². The van der Waals surface area contributed by atoms with Crippen LogP contribution in [0, 0.1) is 6.92 Å². The molecule has 2 rings (SSSR count). The normalized spacial score (nSPS) is 10.5. The molecule has 0 aliphatic heterocycles. The Bertz CT molecular complexity index is 754. The van der Waals surface area contributed by atoms with Gasteiger partial charge in [0.1, 0.15) is 0 Å². The van der Waals surface area contributed by atoms with Crippen molar-refractivity contribution in [1.29, 1.82) is 0 Å². The second kappa shape index (κ2) is 7.64. The van der Waals surface area contributed by atoms with E-state index in [1.54, 1.807) is 18.2 Å². The van der Waals surface area contributed by atoms with E-state index >= 15 is 0 Å². The monoisotopic (exact) mass is 326 g/mol. The van der Waals surface area contributed by atoms with Crippen LogP contribution in [-0.4, -0.2) is 23.0 Å². The van der Waals surface area contributed by atoms with Crippen LogP contribution in [0.15, 0.2) is 42.5 Å². The average molecular weight is 326 g/mol. The van der Waals surface area contributed by atoms with Gasteiger partial charge in [-0.15, -0.1) is 0 Å². The highest BCUT2D eigenvalue weighted by Gasteiger charge is 2.11. The Morgan fingerprint density at radius 1 is 1.12 bits per heavy atom. The topological polar surface area (TPSA) is 78.4 Å². The maximum absolute atomic E-state index is 12.2. The Hall–Kier alpha value is -2.82. The molecule has 2 aromatic carbocycles. The standard InChI is InChI=1S/C19H22N2O3/c1-12(2)21-18(22)17-10-16(8-7-13(17)3)20-11-14-5-4-6-15(9-14)19(23)24/h4-10,12,20H,11H2,1-3H3,(H,21,22)(H,23,24). The summed E-state index contributed by atoms with van der Waals surface area (Å²) in [6, 6.07) is 12.5. The van der Waals surface area contributed by atoms with Crippen molar-refractivity contribution in [3.63, 3.8) is 0 Å². The molecule has 2 aromatic rings. The number of carboxylic acid groups (broad SMARTS) is 1. The lowest BCUT2D eigenvalue weighted by Crippen LogP contribution is -2.30. The van der Waals surface area contributed by atoms with Gasteiger partial charge in [0, 0.05) is 23.8 Å². The number of carbonyl (C=O) groups is 2. The Kier molecular flexibility index (Phi) is 5.58. The Morgan fingerprint density at radius 3 is 2.54 bits per heavy atom. The van der Waals surface area contributed by atoms with Gasteiger partial charge in [0.25, 0.3) is 5.91 Å². The summed E-state index contributed by atoms with van der Waals surface area (Å²) in [6.45, 7) is 6.22. The van der Waals surface area contributed by atoms with Crippen molar-refractivity contribution < 1.29 is 14.7 Å². The molecule has 0 fully saturated rings. The minimum atomic E-state index is -0.945. The molecule has 24 heavy (non-hydrogen) atoms. The first-order valence-corrected chi connectivity index (χ1v) is 7.84. The summed E-state index contributed by atoms with van der Waals surface area (Å²) in [6.07, 6.45) is 0. The first-order chi connectivity index (χ1) is 11.4. The highest BCUT2D eigenvalue weighted by atomic mass is 16.4. The van der Waals surface area contributed by atoms with E-state index in [4.69, 9.17) is 5.11 Å². The second-order valence-electron chi connectivity index (χ2n) is 6.02. The number of rotatable bonds is 6. The van der Waals surface area contributed by atoms with Gasteiger partial charge >= 0.3 is 5.97 Å². The van der Waals surface area contributed by atoms with Crippen LogP contribution in [-0.2, 0) is 6.54 Å². The van der Waals surface area contributed by atoms with Crippen LogP contribution in [0.3, 0.4) is 0 Å². The molecule has 0 saturated carbocycles. The predicted molar refractivity (Wildman–Crippen MR) is 94.5 cm³/mol. The van der Waals surface area contributed by atoms with Crippen molar-refractivity contribution in [2.24, 2.45) is 0 Å². The molecular formula is C19H22N2O3. The number of amides is 1. The summed E-state index contributed by atoms with van der Waals surface area (Å²) in [5.41, 5.74) is 3.48. The van der Waals surface area contributed by atoms with Crippen LogP contribution >= 0.6 is 0 Å². The van der Waals surface area contributed by atoms with Crippen molar-refractivity contribution in [3.05, 3.63) is 64.7 Å². The van der Waals surface area contributed by atoms with Crippen LogP contribution in [0.4, 0.5) is 5.69 Å². The zero-order valence-corrected chi connectivity index (χ0v) is 14.1. The molecule has 0 radical (unpaired) electrons. The minimum Gasteiger partial charge on any atom is -0.478 e. The van der Waals surface area contributed by atoms with E-state index in [9.17, 15) is 9.59 Å². The first-order valence-electron chi connectivity index (χ1n) is 7.84. The van der Waals surface area contributed by atoms with Gasteiger partial charge in [0.2, 0.25) is 0 Å². The number of aryl methyl sites for hydroxylation is 1. The third kappa shape index (κ3) is 4.59. The second-order valence-corrected chi connectivity index (χ2v) is 6.02. The van der Waals surface area contributed by atoms with E-state index in [-0.39, 0.29) is 17.5 Å². The first kappa shape index (κ1) is 17.5. The van der Waals surface area contributed by atoms with E-state index in [0.29, 0.717) is 12.1 Å². The van der Waals surface area contributed by atoms with Crippen LogP contribution in [0.5, 0.6) is 0 Å². The largest absolute Gasteiger partial charge is 0.478 e. The molecule has 0 spiro atoms. The van der Waals surface area contributed by atoms with E-state index in [0.717, 1.165) is 16.8 Å². The third-order valence-corrected chi connectivity index (χ3v) is 3.57. The number of hydrogen-bond acceptors (Lipinski definition) is 3. The molecule has 0 unspecified atom stereocenters. The molecule has 1 amide bonds. The number of nitrogens with one attached hydrogen (secondary N) is 2. The molecule has 0 heterocycles. The molecule has 5 heteroatoms. The lowest BCUT2D eigenvalue weighted by Gasteiger charge is -2.13. The quantitative estimate of drug-likeness (QED) is 0.760.